The van der Waals surface area contributed by atoms with E-state index in [0.29, 0.717) is 19.4 Å². The second-order valence-corrected chi connectivity index (χ2v) is 10.8. The van der Waals surface area contributed by atoms with Crippen LogP contribution in [0.3, 0.4) is 0 Å². The van der Waals surface area contributed by atoms with Crippen LogP contribution in [-0.4, -0.2) is 70.0 Å². The minimum Gasteiger partial charge on any atom is -0.459 e. The first-order chi connectivity index (χ1) is 13.0. The van der Waals surface area contributed by atoms with E-state index in [1.54, 1.807) is 0 Å². The maximum Gasteiger partial charge on any atom is 0.342 e. The van der Waals surface area contributed by atoms with E-state index in [1.807, 2.05) is 6.92 Å². The Hall–Kier alpha value is -0.770. The lowest BCUT2D eigenvalue weighted by molar-refractivity contribution is -0.263. The van der Waals surface area contributed by atoms with E-state index < -0.39 is 58.9 Å². The fourth-order valence-corrected chi connectivity index (χ4v) is 8.30. The van der Waals surface area contributed by atoms with Gasteiger partial charge in [0.15, 0.2) is 12.6 Å². The molecule has 0 aromatic rings. The van der Waals surface area contributed by atoms with E-state index >= 15 is 0 Å². The summed E-state index contributed by atoms with van der Waals surface area (Å²) >= 11 is 0. The minimum atomic E-state index is -1.66. The van der Waals surface area contributed by atoms with Crippen molar-refractivity contribution in [1.29, 1.82) is 0 Å². The number of hydrogen-bond donors (Lipinski definition) is 3. The second kappa shape index (κ2) is 5.16. The van der Waals surface area contributed by atoms with Gasteiger partial charge in [-0.15, -0.1) is 0 Å². The average Bonchev–Trinajstić information content (AvgIpc) is 3.31. The number of rotatable bonds is 0. The van der Waals surface area contributed by atoms with Crippen molar-refractivity contribution < 1.29 is 39.1 Å². The molecular weight excluding hydrogens is 380 g/mol. The molecule has 11 atom stereocenters. The highest BCUT2D eigenvalue weighted by Gasteiger charge is 2.99. The van der Waals surface area contributed by atoms with Crippen LogP contribution in [0.1, 0.15) is 48.0 Å². The van der Waals surface area contributed by atoms with Crippen molar-refractivity contribution in [3.05, 3.63) is 0 Å². The Kier molecular flexibility index (Phi) is 3.59. The summed E-state index contributed by atoms with van der Waals surface area (Å²) in [4.78, 5) is 13.3. The van der Waals surface area contributed by atoms with Crippen LogP contribution in [0.2, 0.25) is 0 Å². The number of carbonyl (C=O) groups is 1. The number of aliphatic hydroxyl groups excluding tert-OH is 2. The van der Waals surface area contributed by atoms with Crippen LogP contribution >= 0.6 is 0 Å². The van der Waals surface area contributed by atoms with Crippen LogP contribution < -0.4 is 0 Å². The summed E-state index contributed by atoms with van der Waals surface area (Å²) in [5.41, 5.74) is -5.56. The predicted molar refractivity (Wildman–Crippen MR) is 98.2 cm³/mol. The Balaban J connectivity index is 0.00000181. The van der Waals surface area contributed by atoms with Crippen molar-refractivity contribution in [3.63, 3.8) is 0 Å². The largest absolute Gasteiger partial charge is 0.459 e. The first-order valence-corrected chi connectivity index (χ1v) is 10.2. The number of esters is 1. The lowest BCUT2D eigenvalue weighted by Gasteiger charge is -2.48. The summed E-state index contributed by atoms with van der Waals surface area (Å²) in [6.07, 6.45) is -3.90. The lowest BCUT2D eigenvalue weighted by Crippen LogP contribution is -2.66. The summed E-state index contributed by atoms with van der Waals surface area (Å²) in [6, 6.07) is 0. The Morgan fingerprint density at radius 2 is 1.86 bits per heavy atom. The van der Waals surface area contributed by atoms with E-state index in [1.165, 1.54) is 0 Å². The van der Waals surface area contributed by atoms with Crippen LogP contribution in [-0.2, 0) is 23.7 Å². The van der Waals surface area contributed by atoms with Crippen molar-refractivity contribution in [2.45, 2.75) is 90.1 Å². The monoisotopic (exact) mass is 412 g/mol. The Morgan fingerprint density at radius 1 is 1.17 bits per heavy atom. The van der Waals surface area contributed by atoms with Crippen LogP contribution in [0, 0.1) is 28.1 Å². The van der Waals surface area contributed by atoms with Crippen molar-refractivity contribution >= 4 is 5.97 Å². The zero-order valence-electron chi connectivity index (χ0n) is 16.5. The molecule has 0 amide bonds. The van der Waals surface area contributed by atoms with E-state index in [-0.39, 0.29) is 24.7 Å². The lowest BCUT2D eigenvalue weighted by atomic mass is 9.51. The molecule has 6 fully saturated rings. The fourth-order valence-electron chi connectivity index (χ4n) is 8.30. The van der Waals surface area contributed by atoms with Gasteiger partial charge >= 0.3 is 5.97 Å². The summed E-state index contributed by atoms with van der Waals surface area (Å²) in [7, 11) is 0. The van der Waals surface area contributed by atoms with Crippen molar-refractivity contribution in [1.82, 2.24) is 0 Å². The SMILES string of the molecule is C.C[C@@H]1COC2CC34C5C[C@@H](C(C)(C)C)C36[C@@H](O[C@H](O)[C@@H]6O)O[C@@]4(C(=O)O5)[C@]21O. The standard InChI is InChI=1S/C20H28O8.CH4/c1-8-7-25-11-6-17-10-5-9(16(2,3)4)18(17)12(21)13(22)27-15(18)28-20(17,14(23)26-10)19(8,11)24;/h8-13,15,21-22,24H,5-7H2,1-4H3;1H4/t8-,9+,10?,11?,12+,13+,15+,17?,18?,19-,20-;/m1./s1. The third kappa shape index (κ3) is 1.57. The molecule has 6 rings (SSSR count). The second-order valence-electron chi connectivity index (χ2n) is 10.8. The topological polar surface area (TPSA) is 115 Å². The van der Waals surface area contributed by atoms with Gasteiger partial charge in [0.25, 0.3) is 0 Å². The van der Waals surface area contributed by atoms with Crippen LogP contribution in [0.5, 0.6) is 0 Å². The molecule has 4 saturated heterocycles. The summed E-state index contributed by atoms with van der Waals surface area (Å²) in [5, 5.41) is 33.7. The van der Waals surface area contributed by atoms with Crippen LogP contribution in [0.15, 0.2) is 0 Å². The van der Waals surface area contributed by atoms with Gasteiger partial charge < -0.3 is 34.3 Å². The fraction of sp³-hybridized carbons (Fsp3) is 0.952. The molecule has 0 bridgehead atoms. The quantitative estimate of drug-likeness (QED) is 0.495. The number of aliphatic hydroxyl groups is 3. The van der Waals surface area contributed by atoms with Gasteiger partial charge in [-0.1, -0.05) is 35.1 Å². The molecule has 29 heavy (non-hydrogen) atoms. The molecule has 0 aromatic carbocycles. The van der Waals surface area contributed by atoms with Gasteiger partial charge in [-0.3, -0.25) is 0 Å². The summed E-state index contributed by atoms with van der Waals surface area (Å²) in [5.74, 6) is -1.07. The first kappa shape index (κ1) is 20.2. The first-order valence-electron chi connectivity index (χ1n) is 10.2. The average molecular weight is 412 g/mol. The van der Waals surface area contributed by atoms with E-state index in [9.17, 15) is 20.1 Å². The van der Waals surface area contributed by atoms with Crippen molar-refractivity contribution in [2.24, 2.45) is 28.1 Å². The van der Waals surface area contributed by atoms with E-state index in [0.717, 1.165) is 0 Å². The Morgan fingerprint density at radius 3 is 2.52 bits per heavy atom. The highest BCUT2D eigenvalue weighted by Crippen LogP contribution is 2.84. The van der Waals surface area contributed by atoms with Gasteiger partial charge in [-0.25, -0.2) is 4.79 Å². The number of hydrogen-bond acceptors (Lipinski definition) is 8. The zero-order valence-corrected chi connectivity index (χ0v) is 16.5. The molecule has 0 aromatic heterocycles. The molecule has 8 nitrogen and oxygen atoms in total. The van der Waals surface area contributed by atoms with Crippen molar-refractivity contribution in [2.75, 3.05) is 6.61 Å². The summed E-state index contributed by atoms with van der Waals surface area (Å²) in [6.45, 7) is 8.39. The molecule has 0 radical (unpaired) electrons. The molecule has 2 saturated carbocycles. The minimum absolute atomic E-state index is 0. The molecular formula is C21H32O8. The predicted octanol–water partition coefficient (Wildman–Crippen LogP) is 0.561. The third-order valence-electron chi connectivity index (χ3n) is 9.12. The highest BCUT2D eigenvalue weighted by molar-refractivity contribution is 5.89. The Labute approximate surface area is 170 Å². The number of carbonyl (C=O) groups excluding carboxylic acids is 1. The number of fused-ring (bicyclic) bond motifs is 1. The highest BCUT2D eigenvalue weighted by atomic mass is 16.8. The molecule has 4 unspecified atom stereocenters. The Bertz CT molecular complexity index is 779. The van der Waals surface area contributed by atoms with Gasteiger partial charge in [-0.2, -0.15) is 0 Å². The molecule has 164 valence electrons. The van der Waals surface area contributed by atoms with Crippen LogP contribution in [0.25, 0.3) is 0 Å². The van der Waals surface area contributed by atoms with Gasteiger partial charge in [0.1, 0.15) is 17.8 Å². The summed E-state index contributed by atoms with van der Waals surface area (Å²) < 4.78 is 23.9. The normalized spacial score (nSPS) is 61.8. The molecule has 4 aliphatic heterocycles. The van der Waals surface area contributed by atoms with E-state index in [4.69, 9.17) is 18.9 Å². The maximum absolute atomic E-state index is 13.3. The van der Waals surface area contributed by atoms with Crippen LogP contribution in [0.4, 0.5) is 0 Å². The van der Waals surface area contributed by atoms with Gasteiger partial charge in [0.2, 0.25) is 5.60 Å². The van der Waals surface area contributed by atoms with Gasteiger partial charge in [0, 0.05) is 5.92 Å². The van der Waals surface area contributed by atoms with E-state index in [2.05, 4.69) is 20.8 Å². The number of ether oxygens (including phenoxy) is 4. The van der Waals surface area contributed by atoms with Gasteiger partial charge in [0.05, 0.1) is 23.5 Å². The zero-order chi connectivity index (χ0) is 20.1. The smallest absolute Gasteiger partial charge is 0.342 e. The van der Waals surface area contributed by atoms with Gasteiger partial charge in [-0.05, 0) is 24.2 Å². The molecule has 8 heteroatoms. The maximum atomic E-state index is 13.3. The molecule has 6 aliphatic rings. The third-order valence-corrected chi connectivity index (χ3v) is 9.12. The molecule has 4 heterocycles. The molecule has 2 aliphatic carbocycles. The molecule has 3 N–H and O–H groups in total. The molecule has 2 spiro atoms. The van der Waals surface area contributed by atoms with Crippen molar-refractivity contribution in [3.8, 4) is 0 Å².